The zero-order valence-corrected chi connectivity index (χ0v) is 9.43. The molecule has 1 aromatic carbocycles. The number of hydrogen-bond acceptors (Lipinski definition) is 2. The lowest BCUT2D eigenvalue weighted by molar-refractivity contribution is -0.146. The van der Waals surface area contributed by atoms with Gasteiger partial charge in [-0.05, 0) is 30.9 Å². The van der Waals surface area contributed by atoms with Gasteiger partial charge in [0.2, 0.25) is 0 Å². The van der Waals surface area contributed by atoms with Crippen molar-refractivity contribution in [1.82, 2.24) is 0 Å². The van der Waals surface area contributed by atoms with Crippen LogP contribution in [0, 0.1) is 17.7 Å². The lowest BCUT2D eigenvalue weighted by Crippen LogP contribution is -2.33. The first-order chi connectivity index (χ1) is 8.16. The fourth-order valence-corrected chi connectivity index (χ4v) is 1.99. The molecule has 1 aliphatic carbocycles. The Bertz CT molecular complexity index is 401. The smallest absolute Gasteiger partial charge is 0.310 e. The average Bonchev–Trinajstić information content (AvgIpc) is 2.21. The van der Waals surface area contributed by atoms with Gasteiger partial charge in [0, 0.05) is 6.07 Å². The second-order valence-corrected chi connectivity index (χ2v) is 4.40. The van der Waals surface area contributed by atoms with Crippen molar-refractivity contribution in [3.05, 3.63) is 30.1 Å². The van der Waals surface area contributed by atoms with Crippen molar-refractivity contribution in [2.45, 2.75) is 19.3 Å². The van der Waals surface area contributed by atoms with E-state index in [1.165, 1.54) is 12.1 Å². The molecule has 1 saturated carbocycles. The van der Waals surface area contributed by atoms with Crippen molar-refractivity contribution >= 4 is 5.97 Å². The van der Waals surface area contributed by atoms with Crippen molar-refractivity contribution in [2.75, 3.05) is 6.61 Å². The third-order valence-corrected chi connectivity index (χ3v) is 3.26. The van der Waals surface area contributed by atoms with Gasteiger partial charge in [-0.15, -0.1) is 0 Å². The Kier molecular flexibility index (Phi) is 3.61. The molecule has 2 rings (SSSR count). The zero-order valence-electron chi connectivity index (χ0n) is 9.43. The fourth-order valence-electron chi connectivity index (χ4n) is 1.99. The minimum atomic E-state index is -0.828. The highest BCUT2D eigenvalue weighted by molar-refractivity contribution is 5.70. The van der Waals surface area contributed by atoms with Gasteiger partial charge in [-0.3, -0.25) is 4.79 Å². The van der Waals surface area contributed by atoms with E-state index in [0.29, 0.717) is 5.75 Å². The number of hydrogen-bond donors (Lipinski definition) is 1. The Labute approximate surface area is 99.2 Å². The molecule has 1 unspecified atom stereocenters. The van der Waals surface area contributed by atoms with Crippen LogP contribution in [0.25, 0.3) is 0 Å². The SMILES string of the molecule is O=C(O)C(COc1cccc(F)c1)C1CCC1. The lowest BCUT2D eigenvalue weighted by Gasteiger charge is -2.30. The van der Waals surface area contributed by atoms with Crippen molar-refractivity contribution < 1.29 is 19.0 Å². The molecule has 1 aliphatic rings. The van der Waals surface area contributed by atoms with Crippen LogP contribution in [0.1, 0.15) is 19.3 Å². The number of carboxylic acid groups (broad SMARTS) is 1. The molecule has 0 aliphatic heterocycles. The molecule has 1 aromatic rings. The van der Waals surface area contributed by atoms with Gasteiger partial charge >= 0.3 is 5.97 Å². The molecule has 0 bridgehead atoms. The lowest BCUT2D eigenvalue weighted by atomic mass is 9.76. The maximum Gasteiger partial charge on any atom is 0.310 e. The minimum absolute atomic E-state index is 0.115. The number of halogens is 1. The minimum Gasteiger partial charge on any atom is -0.493 e. The second kappa shape index (κ2) is 5.17. The first kappa shape index (κ1) is 11.9. The van der Waals surface area contributed by atoms with Crippen LogP contribution in [0.2, 0.25) is 0 Å². The molecule has 17 heavy (non-hydrogen) atoms. The predicted octanol–water partition coefficient (Wildman–Crippen LogP) is 2.71. The monoisotopic (exact) mass is 238 g/mol. The molecule has 3 nitrogen and oxygen atoms in total. The number of carboxylic acids is 1. The maximum atomic E-state index is 12.9. The third kappa shape index (κ3) is 2.96. The Balaban J connectivity index is 1.92. The van der Waals surface area contributed by atoms with E-state index in [9.17, 15) is 9.18 Å². The van der Waals surface area contributed by atoms with Crippen LogP contribution in [0.5, 0.6) is 5.75 Å². The molecule has 1 atom stereocenters. The normalized spacial score (nSPS) is 17.2. The molecule has 0 spiro atoms. The molecule has 0 radical (unpaired) electrons. The Morgan fingerprint density at radius 1 is 1.53 bits per heavy atom. The van der Waals surface area contributed by atoms with Crippen LogP contribution in [-0.4, -0.2) is 17.7 Å². The van der Waals surface area contributed by atoms with E-state index < -0.39 is 11.9 Å². The number of aliphatic carboxylic acids is 1. The summed E-state index contributed by atoms with van der Waals surface area (Å²) >= 11 is 0. The largest absolute Gasteiger partial charge is 0.493 e. The van der Waals surface area contributed by atoms with E-state index in [0.717, 1.165) is 19.3 Å². The van der Waals surface area contributed by atoms with Crippen LogP contribution in [0.15, 0.2) is 24.3 Å². The molecule has 1 fully saturated rings. The fraction of sp³-hybridized carbons (Fsp3) is 0.462. The van der Waals surface area contributed by atoms with Crippen molar-refractivity contribution in [2.24, 2.45) is 11.8 Å². The molecular formula is C13H15FO3. The molecule has 4 heteroatoms. The summed E-state index contributed by atoms with van der Waals surface area (Å²) in [6.07, 6.45) is 2.99. The second-order valence-electron chi connectivity index (χ2n) is 4.40. The first-order valence-corrected chi connectivity index (χ1v) is 5.78. The average molecular weight is 238 g/mol. The van der Waals surface area contributed by atoms with Crippen LogP contribution in [-0.2, 0) is 4.79 Å². The molecule has 0 aromatic heterocycles. The number of rotatable bonds is 5. The molecular weight excluding hydrogens is 223 g/mol. The summed E-state index contributed by atoms with van der Waals surface area (Å²) in [5, 5.41) is 9.09. The standard InChI is InChI=1S/C13H15FO3/c14-10-5-2-6-11(7-10)17-8-12(13(15)16)9-3-1-4-9/h2,5-7,9,12H,1,3-4,8H2,(H,15,16). The molecule has 0 amide bonds. The maximum absolute atomic E-state index is 12.9. The highest BCUT2D eigenvalue weighted by Gasteiger charge is 2.33. The summed E-state index contributed by atoms with van der Waals surface area (Å²) in [4.78, 5) is 11.1. The van der Waals surface area contributed by atoms with Crippen LogP contribution in [0.4, 0.5) is 4.39 Å². The van der Waals surface area contributed by atoms with Gasteiger partial charge < -0.3 is 9.84 Å². The van der Waals surface area contributed by atoms with Crippen LogP contribution in [0.3, 0.4) is 0 Å². The number of carbonyl (C=O) groups is 1. The molecule has 0 saturated heterocycles. The van der Waals surface area contributed by atoms with Gasteiger partial charge in [-0.25, -0.2) is 4.39 Å². The molecule has 1 N–H and O–H groups in total. The summed E-state index contributed by atoms with van der Waals surface area (Å²) in [7, 11) is 0. The Morgan fingerprint density at radius 3 is 2.82 bits per heavy atom. The predicted molar refractivity (Wildman–Crippen MR) is 60.4 cm³/mol. The van der Waals surface area contributed by atoms with Crippen LogP contribution < -0.4 is 4.74 Å². The van der Waals surface area contributed by atoms with Crippen molar-refractivity contribution in [1.29, 1.82) is 0 Å². The highest BCUT2D eigenvalue weighted by Crippen LogP contribution is 2.34. The van der Waals surface area contributed by atoms with Gasteiger partial charge in [0.15, 0.2) is 0 Å². The van der Waals surface area contributed by atoms with E-state index in [4.69, 9.17) is 9.84 Å². The summed E-state index contributed by atoms with van der Waals surface area (Å²) in [6, 6.07) is 5.76. The van der Waals surface area contributed by atoms with Gasteiger partial charge in [0.05, 0.1) is 5.92 Å². The topological polar surface area (TPSA) is 46.5 Å². The van der Waals surface area contributed by atoms with E-state index in [1.54, 1.807) is 12.1 Å². The first-order valence-electron chi connectivity index (χ1n) is 5.78. The molecule has 92 valence electrons. The van der Waals surface area contributed by atoms with E-state index in [2.05, 4.69) is 0 Å². The summed E-state index contributed by atoms with van der Waals surface area (Å²) in [6.45, 7) is 0.115. The summed E-state index contributed by atoms with van der Waals surface area (Å²) in [5.41, 5.74) is 0. The van der Waals surface area contributed by atoms with Crippen molar-refractivity contribution in [3.63, 3.8) is 0 Å². The Morgan fingerprint density at radius 2 is 2.29 bits per heavy atom. The van der Waals surface area contributed by atoms with Gasteiger partial charge in [0.1, 0.15) is 18.2 Å². The van der Waals surface area contributed by atoms with E-state index in [-0.39, 0.29) is 18.3 Å². The van der Waals surface area contributed by atoms with E-state index in [1.807, 2.05) is 0 Å². The summed E-state index contributed by atoms with van der Waals surface area (Å²) < 4.78 is 18.2. The van der Waals surface area contributed by atoms with Crippen LogP contribution >= 0.6 is 0 Å². The third-order valence-electron chi connectivity index (χ3n) is 3.26. The highest BCUT2D eigenvalue weighted by atomic mass is 19.1. The molecule has 0 heterocycles. The van der Waals surface area contributed by atoms with E-state index >= 15 is 0 Å². The summed E-state index contributed by atoms with van der Waals surface area (Å²) in [5.74, 6) is -1.09. The van der Waals surface area contributed by atoms with Crippen molar-refractivity contribution in [3.8, 4) is 5.75 Å². The van der Waals surface area contributed by atoms with Gasteiger partial charge in [-0.1, -0.05) is 12.5 Å². The number of ether oxygens (including phenoxy) is 1. The quantitative estimate of drug-likeness (QED) is 0.857. The number of benzene rings is 1. The zero-order chi connectivity index (χ0) is 12.3. The van der Waals surface area contributed by atoms with Gasteiger partial charge in [0.25, 0.3) is 0 Å². The van der Waals surface area contributed by atoms with Gasteiger partial charge in [-0.2, -0.15) is 0 Å². The Hall–Kier alpha value is -1.58.